The summed E-state index contributed by atoms with van der Waals surface area (Å²) in [7, 11) is 0. The third-order valence-corrected chi connectivity index (χ3v) is 6.63. The summed E-state index contributed by atoms with van der Waals surface area (Å²) in [6, 6.07) is 2.79. The van der Waals surface area contributed by atoms with Gasteiger partial charge in [-0.25, -0.2) is 19.9 Å². The summed E-state index contributed by atoms with van der Waals surface area (Å²) in [5.41, 5.74) is 5.84. The zero-order chi connectivity index (χ0) is 26.7. The molecule has 0 saturated carbocycles. The number of halogens is 3. The summed E-state index contributed by atoms with van der Waals surface area (Å²) < 4.78 is 41.2. The number of nitrogens with two attached hydrogens (primary N) is 1. The average Bonchev–Trinajstić information content (AvgIpc) is 3.39. The van der Waals surface area contributed by atoms with Crippen molar-refractivity contribution < 1.29 is 23.1 Å². The van der Waals surface area contributed by atoms with Gasteiger partial charge in [0.05, 0.1) is 16.8 Å². The maximum Gasteiger partial charge on any atom is 0.419 e. The van der Waals surface area contributed by atoms with Gasteiger partial charge < -0.3 is 20.6 Å². The minimum absolute atomic E-state index is 0.0310. The zero-order valence-corrected chi connectivity index (χ0v) is 20.3. The van der Waals surface area contributed by atoms with E-state index >= 15 is 0 Å². The van der Waals surface area contributed by atoms with Crippen LogP contribution in [-0.4, -0.2) is 35.4 Å². The molecule has 5 rings (SSSR count). The van der Waals surface area contributed by atoms with E-state index in [0.717, 1.165) is 36.0 Å². The van der Waals surface area contributed by atoms with Gasteiger partial charge in [0.25, 0.3) is 0 Å². The highest BCUT2D eigenvalue weighted by atomic mass is 19.4. The Labute approximate surface area is 209 Å². The molecular weight excluding hydrogens is 487 g/mol. The van der Waals surface area contributed by atoms with E-state index in [-0.39, 0.29) is 28.6 Å². The van der Waals surface area contributed by atoms with E-state index in [2.05, 4.69) is 34.1 Å². The number of aryl methyl sites for hydroxylation is 1. The fourth-order valence-corrected chi connectivity index (χ4v) is 4.58. The first-order chi connectivity index (χ1) is 17.4. The van der Waals surface area contributed by atoms with Crippen molar-refractivity contribution in [1.82, 2.24) is 24.3 Å². The Morgan fingerprint density at radius 2 is 1.97 bits per heavy atom. The predicted octanol–water partition coefficient (Wildman–Crippen LogP) is 4.34. The molecule has 192 valence electrons. The highest BCUT2D eigenvalue weighted by molar-refractivity contribution is 6.09. The Balaban J connectivity index is 1.60. The first kappa shape index (κ1) is 24.5. The number of carbonyl (C=O) groups is 1. The molecule has 0 saturated heterocycles. The van der Waals surface area contributed by atoms with Gasteiger partial charge in [0, 0.05) is 18.6 Å². The van der Waals surface area contributed by atoms with Crippen molar-refractivity contribution in [2.24, 2.45) is 5.92 Å². The lowest BCUT2D eigenvalue weighted by atomic mass is 9.77. The number of fused-ring (bicyclic) bond motifs is 2. The summed E-state index contributed by atoms with van der Waals surface area (Å²) in [5, 5.41) is 12.7. The number of hydrogen-bond acceptors (Lipinski definition) is 7. The highest BCUT2D eigenvalue weighted by Crippen LogP contribution is 2.47. The van der Waals surface area contributed by atoms with Crippen LogP contribution in [0.2, 0.25) is 0 Å². The number of imidazole rings is 1. The molecule has 0 bridgehead atoms. The number of benzene rings is 1. The van der Waals surface area contributed by atoms with E-state index < -0.39 is 28.8 Å². The number of nitrogens with zero attached hydrogens (tertiary/aromatic N) is 5. The van der Waals surface area contributed by atoms with Gasteiger partial charge >= 0.3 is 6.18 Å². The van der Waals surface area contributed by atoms with Crippen molar-refractivity contribution in [2.45, 2.75) is 45.2 Å². The number of aromatic hydroxyl groups is 1. The minimum atomic E-state index is -4.74. The molecule has 9 nitrogen and oxygen atoms in total. The predicted molar refractivity (Wildman–Crippen MR) is 130 cm³/mol. The number of amides is 1. The number of rotatable bonds is 5. The molecule has 1 amide bonds. The molecule has 1 atom stereocenters. The van der Waals surface area contributed by atoms with Crippen LogP contribution in [-0.2, 0) is 22.8 Å². The molecule has 0 aliphatic carbocycles. The van der Waals surface area contributed by atoms with Crippen molar-refractivity contribution in [3.63, 3.8) is 0 Å². The van der Waals surface area contributed by atoms with Crippen molar-refractivity contribution >= 4 is 23.2 Å². The standard InChI is InChI=1S/C25H24F3N7O2/c1-12(2)4-7-15-22-30-8-9-35(22)11-16(31-15)20-32-19(29)18-21(33-20)34-23(37)24(18,3)13-5-6-14(17(36)10-13)25(26,27)28/h5-6,8-12,36H,4,7H2,1-3H3,(H3,29,32,33,34,37)/t24-/m0/s1. The van der Waals surface area contributed by atoms with E-state index in [9.17, 15) is 23.1 Å². The SMILES string of the molecule is CC(C)CCc1nc(-c2nc(N)c3c(n2)NC(=O)[C@@]3(C)c2ccc(C(F)(F)F)c(O)c2)cn2ccnc12. The normalized spacial score (nSPS) is 17.4. The van der Waals surface area contributed by atoms with Gasteiger partial charge in [-0.3, -0.25) is 4.79 Å². The van der Waals surface area contributed by atoms with Crippen LogP contribution in [0.5, 0.6) is 5.75 Å². The molecule has 3 aromatic heterocycles. The molecule has 12 heteroatoms. The molecule has 0 radical (unpaired) electrons. The maximum atomic E-state index is 13.1. The van der Waals surface area contributed by atoms with Crippen LogP contribution in [0.4, 0.5) is 24.8 Å². The molecule has 4 heterocycles. The topological polar surface area (TPSA) is 131 Å². The van der Waals surface area contributed by atoms with Crippen molar-refractivity contribution in [2.75, 3.05) is 11.1 Å². The number of anilines is 2. The van der Waals surface area contributed by atoms with Gasteiger partial charge in [0.1, 0.15) is 28.5 Å². The Kier molecular flexibility index (Phi) is 5.57. The second kappa shape index (κ2) is 8.43. The number of carbonyl (C=O) groups excluding carboxylic acids is 1. The van der Waals surface area contributed by atoms with E-state index in [1.54, 1.807) is 18.6 Å². The fourth-order valence-electron chi connectivity index (χ4n) is 4.58. The number of hydrogen-bond donors (Lipinski definition) is 3. The van der Waals surface area contributed by atoms with Gasteiger partial charge in [-0.05, 0) is 43.4 Å². The molecule has 4 N–H and O–H groups in total. The molecule has 1 aromatic carbocycles. The summed E-state index contributed by atoms with van der Waals surface area (Å²) in [5.74, 6) is -0.810. The van der Waals surface area contributed by atoms with E-state index in [1.165, 1.54) is 6.92 Å². The molecule has 37 heavy (non-hydrogen) atoms. The molecular formula is C25H24F3N7O2. The quantitative estimate of drug-likeness (QED) is 0.363. The van der Waals surface area contributed by atoms with Crippen molar-refractivity contribution in [1.29, 1.82) is 0 Å². The second-order valence-corrected chi connectivity index (χ2v) is 9.63. The van der Waals surface area contributed by atoms with Crippen LogP contribution < -0.4 is 11.1 Å². The maximum absolute atomic E-state index is 13.1. The van der Waals surface area contributed by atoms with Gasteiger partial charge in [-0.2, -0.15) is 13.2 Å². The van der Waals surface area contributed by atoms with Crippen LogP contribution in [0.3, 0.4) is 0 Å². The third-order valence-electron chi connectivity index (χ3n) is 6.63. The minimum Gasteiger partial charge on any atom is -0.507 e. The van der Waals surface area contributed by atoms with E-state index in [4.69, 9.17) is 10.7 Å². The van der Waals surface area contributed by atoms with Gasteiger partial charge in [0.2, 0.25) is 5.91 Å². The largest absolute Gasteiger partial charge is 0.507 e. The monoisotopic (exact) mass is 511 g/mol. The number of alkyl halides is 3. The van der Waals surface area contributed by atoms with Crippen LogP contribution in [0.15, 0.2) is 36.8 Å². The highest BCUT2D eigenvalue weighted by Gasteiger charge is 2.48. The summed E-state index contributed by atoms with van der Waals surface area (Å²) >= 11 is 0. The summed E-state index contributed by atoms with van der Waals surface area (Å²) in [6.07, 6.45) is 2.02. The molecule has 0 spiro atoms. The number of nitrogens with one attached hydrogen (secondary N) is 1. The Bertz CT molecular complexity index is 1550. The molecule has 4 aromatic rings. The van der Waals surface area contributed by atoms with Crippen LogP contribution in [0, 0.1) is 5.92 Å². The van der Waals surface area contributed by atoms with Crippen molar-refractivity contribution in [3.8, 4) is 17.3 Å². The zero-order valence-electron chi connectivity index (χ0n) is 20.3. The third kappa shape index (κ3) is 4.02. The first-order valence-electron chi connectivity index (χ1n) is 11.6. The molecule has 0 fully saturated rings. The molecule has 1 aliphatic heterocycles. The molecule has 0 unspecified atom stereocenters. The Hall–Kier alpha value is -4.22. The summed E-state index contributed by atoms with van der Waals surface area (Å²) in [4.78, 5) is 31.1. The number of phenolic OH excluding ortho intramolecular Hbond substituents is 1. The summed E-state index contributed by atoms with van der Waals surface area (Å²) in [6.45, 7) is 5.73. The van der Waals surface area contributed by atoms with Gasteiger partial charge in [-0.1, -0.05) is 19.9 Å². The lowest BCUT2D eigenvalue weighted by molar-refractivity contribution is -0.138. The smallest absolute Gasteiger partial charge is 0.419 e. The van der Waals surface area contributed by atoms with Crippen LogP contribution >= 0.6 is 0 Å². The van der Waals surface area contributed by atoms with Crippen LogP contribution in [0.1, 0.15) is 49.6 Å². The van der Waals surface area contributed by atoms with Crippen LogP contribution in [0.25, 0.3) is 17.2 Å². The van der Waals surface area contributed by atoms with Gasteiger partial charge in [-0.15, -0.1) is 0 Å². The van der Waals surface area contributed by atoms with E-state index in [0.29, 0.717) is 18.0 Å². The average molecular weight is 512 g/mol. The lowest BCUT2D eigenvalue weighted by Crippen LogP contribution is -2.33. The second-order valence-electron chi connectivity index (χ2n) is 9.63. The lowest BCUT2D eigenvalue weighted by Gasteiger charge is -2.24. The number of aromatic nitrogens is 5. The first-order valence-corrected chi connectivity index (χ1v) is 11.6. The van der Waals surface area contributed by atoms with Crippen molar-refractivity contribution in [3.05, 3.63) is 59.2 Å². The number of nitrogen functional groups attached to an aromatic ring is 1. The Morgan fingerprint density at radius 3 is 2.65 bits per heavy atom. The number of phenols is 1. The molecule has 1 aliphatic rings. The Morgan fingerprint density at radius 1 is 1.22 bits per heavy atom. The van der Waals surface area contributed by atoms with Gasteiger partial charge in [0.15, 0.2) is 11.5 Å². The van der Waals surface area contributed by atoms with E-state index in [1.807, 2.05) is 4.40 Å². The fraction of sp³-hybridized carbons (Fsp3) is 0.320.